The van der Waals surface area contributed by atoms with Gasteiger partial charge in [0.1, 0.15) is 5.04 Å². The van der Waals surface area contributed by atoms with E-state index in [1.807, 2.05) is 44.2 Å². The minimum absolute atomic E-state index is 0.400. The van der Waals surface area contributed by atoms with Crippen LogP contribution in [-0.4, -0.2) is 48.0 Å². The van der Waals surface area contributed by atoms with Gasteiger partial charge in [0.15, 0.2) is 5.66 Å². The van der Waals surface area contributed by atoms with Crippen LogP contribution in [0.5, 0.6) is 0 Å². The van der Waals surface area contributed by atoms with Gasteiger partial charge in [0.2, 0.25) is 10.0 Å². The van der Waals surface area contributed by atoms with Gasteiger partial charge in [-0.2, -0.15) is 4.31 Å². The molecule has 31 heavy (non-hydrogen) atoms. The summed E-state index contributed by atoms with van der Waals surface area (Å²) in [6.45, 7) is 6.85. The molecule has 0 amide bonds. The van der Waals surface area contributed by atoms with Crippen molar-refractivity contribution in [2.75, 3.05) is 18.8 Å². The number of thioether (sulfide) groups is 1. The molecule has 0 aliphatic carbocycles. The number of hydrogen-bond acceptors (Lipinski definition) is 5. The van der Waals surface area contributed by atoms with E-state index in [2.05, 4.69) is 19.1 Å². The molecule has 5 nitrogen and oxygen atoms in total. The number of piperidine rings is 1. The van der Waals surface area contributed by atoms with E-state index >= 15 is 0 Å². The van der Waals surface area contributed by atoms with E-state index in [1.54, 1.807) is 22.1 Å². The smallest absolute Gasteiger partial charge is 0.243 e. The third-order valence-electron chi connectivity index (χ3n) is 5.79. The van der Waals surface area contributed by atoms with E-state index in [0.717, 1.165) is 39.6 Å². The second kappa shape index (κ2) is 8.88. The molecule has 0 bridgehead atoms. The zero-order chi connectivity index (χ0) is 22.1. The van der Waals surface area contributed by atoms with Crippen LogP contribution in [0.15, 0.2) is 63.4 Å². The number of rotatable bonds is 5. The molecule has 2 aliphatic heterocycles. The Bertz CT molecular complexity index is 1120. The van der Waals surface area contributed by atoms with E-state index < -0.39 is 15.7 Å². The van der Waals surface area contributed by atoms with Crippen LogP contribution in [0.2, 0.25) is 0 Å². The van der Waals surface area contributed by atoms with Crippen LogP contribution >= 0.6 is 11.8 Å². The van der Waals surface area contributed by atoms with Crippen molar-refractivity contribution in [2.24, 2.45) is 9.98 Å². The number of aliphatic imine (C=N–C) groups is 2. The van der Waals surface area contributed by atoms with Gasteiger partial charge in [-0.25, -0.2) is 13.4 Å². The van der Waals surface area contributed by atoms with Gasteiger partial charge in [-0.1, -0.05) is 55.0 Å². The molecule has 2 aromatic rings. The molecule has 1 fully saturated rings. The maximum absolute atomic E-state index is 13.3. The highest BCUT2D eigenvalue weighted by molar-refractivity contribution is 8.15. The second-order valence-corrected chi connectivity index (χ2v) is 11.2. The highest BCUT2D eigenvalue weighted by atomic mass is 32.2. The molecule has 2 heterocycles. The van der Waals surface area contributed by atoms with Gasteiger partial charge in [-0.05, 0) is 37.7 Å². The first-order chi connectivity index (χ1) is 14.8. The Morgan fingerprint density at radius 2 is 1.74 bits per heavy atom. The number of sulfonamides is 1. The van der Waals surface area contributed by atoms with Crippen molar-refractivity contribution in [3.8, 4) is 0 Å². The number of aryl methyl sites for hydroxylation is 2. The summed E-state index contributed by atoms with van der Waals surface area (Å²) < 4.78 is 28.1. The molecule has 7 heteroatoms. The number of benzene rings is 2. The zero-order valence-corrected chi connectivity index (χ0v) is 20.0. The monoisotopic (exact) mass is 455 g/mol. The Morgan fingerprint density at radius 1 is 1.03 bits per heavy atom. The maximum atomic E-state index is 13.3. The second-order valence-electron chi connectivity index (χ2n) is 8.25. The molecule has 0 saturated carbocycles. The van der Waals surface area contributed by atoms with Crippen LogP contribution in [0.25, 0.3) is 0 Å². The Morgan fingerprint density at radius 3 is 2.39 bits per heavy atom. The lowest BCUT2D eigenvalue weighted by Gasteiger charge is -2.34. The molecule has 2 aromatic carbocycles. The largest absolute Gasteiger partial charge is 0.252 e. The fraction of sp³-hybridized carbons (Fsp3) is 0.417. The molecule has 0 aromatic heterocycles. The van der Waals surface area contributed by atoms with Gasteiger partial charge in [-0.15, -0.1) is 11.8 Å². The summed E-state index contributed by atoms with van der Waals surface area (Å²) >= 11 is 1.75. The first kappa shape index (κ1) is 22.2. The topological polar surface area (TPSA) is 62.1 Å². The zero-order valence-electron chi connectivity index (χ0n) is 18.3. The van der Waals surface area contributed by atoms with Crippen LogP contribution in [0, 0.1) is 13.8 Å². The van der Waals surface area contributed by atoms with E-state index in [-0.39, 0.29) is 0 Å². The molecule has 1 spiro atoms. The van der Waals surface area contributed by atoms with Gasteiger partial charge in [-0.3, -0.25) is 4.99 Å². The fourth-order valence-corrected chi connectivity index (χ4v) is 6.72. The highest BCUT2D eigenvalue weighted by Gasteiger charge is 2.42. The molecule has 4 rings (SSSR count). The first-order valence-corrected chi connectivity index (χ1v) is 13.2. The molecule has 0 N–H and O–H groups in total. The third-order valence-corrected chi connectivity index (χ3v) is 9.02. The van der Waals surface area contributed by atoms with E-state index in [9.17, 15) is 8.42 Å². The molecule has 164 valence electrons. The quantitative estimate of drug-likeness (QED) is 0.649. The van der Waals surface area contributed by atoms with Crippen LogP contribution in [0.4, 0.5) is 0 Å². The summed E-state index contributed by atoms with van der Waals surface area (Å²) in [6, 6.07) is 15.7. The van der Waals surface area contributed by atoms with E-state index in [0.29, 0.717) is 30.8 Å². The van der Waals surface area contributed by atoms with Crippen molar-refractivity contribution in [1.29, 1.82) is 0 Å². The Labute approximate surface area is 189 Å². The normalized spacial score (nSPS) is 18.8. The summed E-state index contributed by atoms with van der Waals surface area (Å²) in [5.74, 6) is 0.994. The molecule has 0 radical (unpaired) electrons. The van der Waals surface area contributed by atoms with Crippen molar-refractivity contribution in [3.63, 3.8) is 0 Å². The number of hydrogen-bond donors (Lipinski definition) is 0. The van der Waals surface area contributed by atoms with E-state index in [4.69, 9.17) is 9.98 Å². The first-order valence-electron chi connectivity index (χ1n) is 10.8. The van der Waals surface area contributed by atoms with Gasteiger partial charge in [0.05, 0.1) is 10.6 Å². The Balaban J connectivity index is 1.58. The summed E-state index contributed by atoms with van der Waals surface area (Å²) in [7, 11) is -3.52. The summed E-state index contributed by atoms with van der Waals surface area (Å²) in [5, 5.41) is 0.985. The molecular formula is C24H29N3O2S2. The van der Waals surface area contributed by atoms with Crippen LogP contribution in [0.1, 0.15) is 42.9 Å². The lowest BCUT2D eigenvalue weighted by molar-refractivity contribution is 0.249. The molecule has 0 unspecified atom stereocenters. The summed E-state index contributed by atoms with van der Waals surface area (Å²) in [6.07, 6.45) is 2.27. The SMILES string of the molecule is CCCSC1=NC2(CCN(S(=O)(=O)c3ccc(C)cc3C)CC2)N=C1c1ccccc1. The van der Waals surface area contributed by atoms with Crippen LogP contribution in [-0.2, 0) is 10.0 Å². The standard InChI is InChI=1S/C24H29N3O2S2/c1-4-16-30-23-22(20-8-6-5-7-9-20)25-24(26-23)12-14-27(15-13-24)31(28,29)21-11-10-18(2)17-19(21)3/h5-11,17H,4,12-16H2,1-3H3. The number of nitrogens with zero attached hydrogens (tertiary/aromatic N) is 3. The van der Waals surface area contributed by atoms with Crippen molar-refractivity contribution in [2.45, 2.75) is 50.6 Å². The average Bonchev–Trinajstić information content (AvgIpc) is 3.11. The van der Waals surface area contributed by atoms with E-state index in [1.165, 1.54) is 0 Å². The third kappa shape index (κ3) is 4.49. The van der Waals surface area contributed by atoms with Crippen molar-refractivity contribution in [3.05, 3.63) is 65.2 Å². The lowest BCUT2D eigenvalue weighted by atomic mass is 10.00. The Kier molecular flexibility index (Phi) is 6.37. The predicted molar refractivity (Wildman–Crippen MR) is 130 cm³/mol. The van der Waals surface area contributed by atoms with Gasteiger partial charge >= 0.3 is 0 Å². The summed E-state index contributed by atoms with van der Waals surface area (Å²) in [4.78, 5) is 10.5. The molecule has 0 atom stereocenters. The minimum Gasteiger partial charge on any atom is -0.252 e. The van der Waals surface area contributed by atoms with Gasteiger partial charge in [0, 0.05) is 31.5 Å². The Hall–Kier alpha value is -1.96. The fourth-order valence-electron chi connectivity index (χ4n) is 4.14. The minimum atomic E-state index is -3.52. The van der Waals surface area contributed by atoms with Gasteiger partial charge in [0.25, 0.3) is 0 Å². The molecular weight excluding hydrogens is 426 g/mol. The van der Waals surface area contributed by atoms with Crippen LogP contribution < -0.4 is 0 Å². The molecule has 2 aliphatic rings. The van der Waals surface area contributed by atoms with Crippen molar-refractivity contribution in [1.82, 2.24) is 4.31 Å². The lowest BCUT2D eigenvalue weighted by Crippen LogP contribution is -2.44. The van der Waals surface area contributed by atoms with Crippen molar-refractivity contribution < 1.29 is 8.42 Å². The van der Waals surface area contributed by atoms with Gasteiger partial charge < -0.3 is 0 Å². The summed E-state index contributed by atoms with van der Waals surface area (Å²) in [5.41, 5.74) is 3.34. The van der Waals surface area contributed by atoms with Crippen LogP contribution in [0.3, 0.4) is 0 Å². The highest BCUT2D eigenvalue weighted by Crippen LogP contribution is 2.37. The average molecular weight is 456 g/mol. The predicted octanol–water partition coefficient (Wildman–Crippen LogP) is 4.83. The maximum Gasteiger partial charge on any atom is 0.243 e. The molecule has 1 saturated heterocycles. The van der Waals surface area contributed by atoms with Crippen molar-refractivity contribution >= 4 is 32.5 Å².